The van der Waals surface area contributed by atoms with Crippen LogP contribution in [-0.2, 0) is 0 Å². The van der Waals surface area contributed by atoms with Crippen molar-refractivity contribution < 1.29 is 0 Å². The van der Waals surface area contributed by atoms with Crippen LogP contribution in [0, 0.1) is 5.92 Å². The van der Waals surface area contributed by atoms with E-state index >= 15 is 0 Å². The molecule has 1 aromatic rings. The summed E-state index contributed by atoms with van der Waals surface area (Å²) >= 11 is 8.23. The van der Waals surface area contributed by atoms with Crippen molar-refractivity contribution in [2.75, 3.05) is 25.9 Å². The van der Waals surface area contributed by atoms with Crippen LogP contribution >= 0.6 is 23.5 Å². The number of aliphatic imine (C=N–C) groups is 1. The van der Waals surface area contributed by atoms with Gasteiger partial charge >= 0.3 is 0 Å². The second kappa shape index (κ2) is 7.98. The lowest BCUT2D eigenvalue weighted by Crippen LogP contribution is -2.32. The van der Waals surface area contributed by atoms with Gasteiger partial charge in [-0.05, 0) is 83.9 Å². The summed E-state index contributed by atoms with van der Waals surface area (Å²) in [4.78, 5) is 4.73. The molecule has 0 spiro atoms. The molecule has 1 fully saturated rings. The maximum Gasteiger partial charge on any atom is 0.0611 e. The van der Waals surface area contributed by atoms with Crippen LogP contribution in [0.5, 0.6) is 0 Å². The molecule has 1 saturated heterocycles. The Morgan fingerprint density at radius 2 is 2.04 bits per heavy atom. The van der Waals surface area contributed by atoms with Crippen LogP contribution in [0.15, 0.2) is 52.1 Å². The van der Waals surface area contributed by atoms with Gasteiger partial charge in [0, 0.05) is 30.2 Å². The van der Waals surface area contributed by atoms with Gasteiger partial charge < -0.3 is 0 Å². The monoisotopic (exact) mass is 398 g/mol. The summed E-state index contributed by atoms with van der Waals surface area (Å²) in [7, 11) is 0. The Morgan fingerprint density at radius 1 is 1.26 bits per heavy atom. The maximum absolute atomic E-state index is 6.36. The van der Waals surface area contributed by atoms with Crippen LogP contribution in [0.3, 0.4) is 0 Å². The second-order valence-corrected chi connectivity index (χ2v) is 9.15. The fourth-order valence-electron chi connectivity index (χ4n) is 4.83. The number of piperidine rings is 1. The normalized spacial score (nSPS) is 24.2. The summed E-state index contributed by atoms with van der Waals surface area (Å²) in [6.45, 7) is 9.56. The van der Waals surface area contributed by atoms with Crippen LogP contribution in [0.2, 0.25) is 5.02 Å². The zero-order chi connectivity index (χ0) is 19.0. The Morgan fingerprint density at radius 3 is 2.78 bits per heavy atom. The smallest absolute Gasteiger partial charge is 0.0611 e. The fourth-order valence-corrected chi connectivity index (χ4v) is 5.58. The summed E-state index contributed by atoms with van der Waals surface area (Å²) in [6.07, 6.45) is 9.85. The van der Waals surface area contributed by atoms with Crippen molar-refractivity contribution >= 4 is 35.8 Å². The molecule has 0 saturated carbocycles. The van der Waals surface area contributed by atoms with Gasteiger partial charge in [-0.1, -0.05) is 42.3 Å². The van der Waals surface area contributed by atoms with E-state index in [4.69, 9.17) is 16.6 Å². The van der Waals surface area contributed by atoms with Gasteiger partial charge in [0.15, 0.2) is 0 Å². The first-order chi connectivity index (χ1) is 13.1. The SMILES string of the molecule is C=C1C=NCC2=C(C1)C(C)=Cc1cc(Cl)ccc1C2C1CCN(SC)CC1. The van der Waals surface area contributed by atoms with Crippen molar-refractivity contribution in [1.29, 1.82) is 0 Å². The molecule has 2 nitrogen and oxygen atoms in total. The van der Waals surface area contributed by atoms with Crippen LogP contribution < -0.4 is 0 Å². The predicted molar refractivity (Wildman–Crippen MR) is 120 cm³/mol. The Kier molecular flexibility index (Phi) is 5.63. The van der Waals surface area contributed by atoms with E-state index in [1.54, 1.807) is 0 Å². The lowest BCUT2D eigenvalue weighted by Gasteiger charge is -2.37. The van der Waals surface area contributed by atoms with Crippen molar-refractivity contribution in [3.8, 4) is 0 Å². The highest BCUT2D eigenvalue weighted by molar-refractivity contribution is 7.96. The molecule has 0 radical (unpaired) electrons. The van der Waals surface area contributed by atoms with Gasteiger partial charge in [0.25, 0.3) is 0 Å². The first-order valence-corrected chi connectivity index (χ1v) is 11.3. The molecule has 0 amide bonds. The van der Waals surface area contributed by atoms with E-state index in [1.807, 2.05) is 18.2 Å². The number of halogens is 1. The molecular weight excluding hydrogens is 372 g/mol. The van der Waals surface area contributed by atoms with Crippen LogP contribution in [0.1, 0.15) is 43.2 Å². The van der Waals surface area contributed by atoms with Gasteiger partial charge in [-0.3, -0.25) is 9.30 Å². The minimum Gasteiger partial charge on any atom is -0.288 e. The van der Waals surface area contributed by atoms with Crippen LogP contribution in [0.4, 0.5) is 0 Å². The lowest BCUT2D eigenvalue weighted by molar-refractivity contribution is 0.269. The van der Waals surface area contributed by atoms with E-state index in [0.29, 0.717) is 11.8 Å². The Balaban J connectivity index is 1.82. The van der Waals surface area contributed by atoms with Gasteiger partial charge in [0.1, 0.15) is 0 Å². The fraction of sp³-hybridized carbons (Fsp3) is 0.435. The number of benzene rings is 1. The first-order valence-electron chi connectivity index (χ1n) is 9.73. The summed E-state index contributed by atoms with van der Waals surface area (Å²) in [6, 6.07) is 6.44. The van der Waals surface area contributed by atoms with Gasteiger partial charge in [-0.15, -0.1) is 0 Å². The molecule has 0 N–H and O–H groups in total. The highest BCUT2D eigenvalue weighted by Crippen LogP contribution is 2.46. The molecule has 0 bridgehead atoms. The van der Waals surface area contributed by atoms with E-state index in [1.165, 1.54) is 40.7 Å². The molecule has 1 aliphatic carbocycles. The molecule has 27 heavy (non-hydrogen) atoms. The molecule has 4 heteroatoms. The number of hydrogen-bond donors (Lipinski definition) is 0. The second-order valence-electron chi connectivity index (χ2n) is 7.84. The van der Waals surface area contributed by atoms with Crippen molar-refractivity contribution in [3.05, 3.63) is 63.2 Å². The third-order valence-corrected chi connectivity index (χ3v) is 7.28. The molecular formula is C23H27ClN2S. The molecule has 1 unspecified atom stereocenters. The standard InChI is InChI=1S/C23H27ClN2S/c1-15-10-21-16(2)11-18-12-19(24)4-5-20(18)23(22(21)14-25-13-15)17-6-8-26(27-3)9-7-17/h4-5,11-13,17,23H,1,6-10,14H2,2-3H3. The Labute approximate surface area is 172 Å². The van der Waals surface area contributed by atoms with E-state index in [-0.39, 0.29) is 0 Å². The number of rotatable bonds is 2. The minimum absolute atomic E-state index is 0.424. The number of hydrogen-bond acceptors (Lipinski definition) is 3. The molecule has 1 aromatic carbocycles. The summed E-state index contributed by atoms with van der Waals surface area (Å²) in [5.41, 5.74) is 8.09. The quantitative estimate of drug-likeness (QED) is 0.554. The van der Waals surface area contributed by atoms with E-state index in [9.17, 15) is 0 Å². The summed E-state index contributed by atoms with van der Waals surface area (Å²) in [5.74, 6) is 1.08. The topological polar surface area (TPSA) is 15.6 Å². The predicted octanol–water partition coefficient (Wildman–Crippen LogP) is 6.16. The van der Waals surface area contributed by atoms with Crippen LogP contribution in [0.25, 0.3) is 6.08 Å². The van der Waals surface area contributed by atoms with Gasteiger partial charge in [-0.25, -0.2) is 0 Å². The maximum atomic E-state index is 6.36. The number of allylic oxidation sites excluding steroid dienone is 3. The molecule has 4 rings (SSSR count). The van der Waals surface area contributed by atoms with Crippen LogP contribution in [-0.4, -0.2) is 36.4 Å². The van der Waals surface area contributed by atoms with Crippen molar-refractivity contribution in [1.82, 2.24) is 4.31 Å². The third-order valence-electron chi connectivity index (χ3n) is 6.16. The lowest BCUT2D eigenvalue weighted by atomic mass is 9.73. The zero-order valence-electron chi connectivity index (χ0n) is 16.2. The summed E-state index contributed by atoms with van der Waals surface area (Å²) < 4.78 is 2.49. The molecule has 2 aliphatic heterocycles. The van der Waals surface area contributed by atoms with E-state index in [0.717, 1.165) is 36.7 Å². The van der Waals surface area contributed by atoms with E-state index < -0.39 is 0 Å². The molecule has 0 aromatic heterocycles. The highest BCUT2D eigenvalue weighted by Gasteiger charge is 2.34. The molecule has 1 atom stereocenters. The highest BCUT2D eigenvalue weighted by atomic mass is 35.5. The third kappa shape index (κ3) is 3.83. The largest absolute Gasteiger partial charge is 0.288 e. The van der Waals surface area contributed by atoms with Crippen molar-refractivity contribution in [2.45, 2.75) is 32.1 Å². The first kappa shape index (κ1) is 19.0. The molecule has 142 valence electrons. The average molecular weight is 399 g/mol. The van der Waals surface area contributed by atoms with Crippen molar-refractivity contribution in [3.63, 3.8) is 0 Å². The van der Waals surface area contributed by atoms with Gasteiger partial charge in [0.2, 0.25) is 0 Å². The summed E-state index contributed by atoms with van der Waals surface area (Å²) in [5, 5.41) is 0.813. The molecule has 2 heterocycles. The van der Waals surface area contributed by atoms with Crippen molar-refractivity contribution in [2.24, 2.45) is 10.9 Å². The van der Waals surface area contributed by atoms with E-state index in [2.05, 4.69) is 48.3 Å². The van der Waals surface area contributed by atoms with Gasteiger partial charge in [0.05, 0.1) is 6.54 Å². The number of fused-ring (bicyclic) bond motifs is 1. The average Bonchev–Trinajstić information content (AvgIpc) is 2.91. The Hall–Kier alpha value is -1.29. The minimum atomic E-state index is 0.424. The van der Waals surface area contributed by atoms with Gasteiger partial charge in [-0.2, -0.15) is 0 Å². The number of nitrogens with zero attached hydrogens (tertiary/aromatic N) is 2. The zero-order valence-corrected chi connectivity index (χ0v) is 17.7. The Bertz CT molecular complexity index is 844. The molecule has 3 aliphatic rings.